The molecule has 0 spiro atoms. The molecular weight excluding hydrogens is 1140 g/mol. The second-order valence-corrected chi connectivity index (χ2v) is 18.4. The van der Waals surface area contributed by atoms with Gasteiger partial charge in [0.15, 0.2) is 0 Å². The zero-order valence-corrected chi connectivity index (χ0v) is 45.3. The molecule has 0 aromatic rings. The van der Waals surface area contributed by atoms with Gasteiger partial charge in [0.1, 0.15) is 21.9 Å². The molecule has 82 heavy (non-hydrogen) atoms. The fourth-order valence-electron chi connectivity index (χ4n) is 7.09. The molecule has 0 bridgehead atoms. The van der Waals surface area contributed by atoms with Crippen molar-refractivity contribution in [3.05, 3.63) is 48.6 Å². The summed E-state index contributed by atoms with van der Waals surface area (Å²) in [5.74, 6) is -13.9. The van der Waals surface area contributed by atoms with Crippen molar-refractivity contribution in [2.24, 2.45) is 0 Å². The van der Waals surface area contributed by atoms with Crippen molar-refractivity contribution in [2.45, 2.75) is 82.3 Å². The first-order chi connectivity index (χ1) is 38.1. The van der Waals surface area contributed by atoms with Gasteiger partial charge in [-0.15, -0.1) is 20.3 Å². The topological polar surface area (TPSA) is 461 Å². The second kappa shape index (κ2) is 28.8. The molecule has 37 heteroatoms. The Morgan fingerprint density at radius 3 is 0.963 bits per heavy atom. The van der Waals surface area contributed by atoms with Crippen LogP contribution in [0.2, 0.25) is 0 Å². The molecule has 0 radical (unpaired) electrons. The summed E-state index contributed by atoms with van der Waals surface area (Å²) in [7, 11) is -5.04. The van der Waals surface area contributed by atoms with Gasteiger partial charge in [-0.3, -0.25) is 96.3 Å². The normalized spacial score (nSPS) is 19.2. The number of carbonyl (C=O) groups excluding carboxylic acids is 20. The molecule has 0 saturated carbocycles. The van der Waals surface area contributed by atoms with Gasteiger partial charge in [-0.2, -0.15) is 0 Å². The van der Waals surface area contributed by atoms with Crippen molar-refractivity contribution < 1.29 is 158 Å². The van der Waals surface area contributed by atoms with Crippen LogP contribution in [0.4, 0.5) is 0 Å². The molecule has 0 N–H and O–H groups in total. The van der Waals surface area contributed by atoms with Gasteiger partial charge in [-0.05, 0) is 12.8 Å². The van der Waals surface area contributed by atoms with E-state index in [1.54, 1.807) is 0 Å². The minimum atomic E-state index is -5.04. The first kappa shape index (κ1) is 65.4. The van der Waals surface area contributed by atoms with Gasteiger partial charge in [0.05, 0.1) is 12.8 Å². The van der Waals surface area contributed by atoms with Gasteiger partial charge >= 0.3 is 53.4 Å². The molecule has 430 valence electrons. The Balaban J connectivity index is 0.000000235. The molecule has 8 aliphatic heterocycles. The van der Waals surface area contributed by atoms with Gasteiger partial charge in [-0.1, -0.05) is 0 Å². The summed E-state index contributed by atoms with van der Waals surface area (Å²) in [5, 5.41) is -0.898. The summed E-state index contributed by atoms with van der Waals surface area (Å²) in [5.41, 5.74) is 0. The summed E-state index contributed by atoms with van der Waals surface area (Å²) < 4.78 is 32.5. The molecule has 1 unspecified atom stereocenters. The number of hydrogen-bond acceptors (Lipinski definition) is 27. The Morgan fingerprint density at radius 2 is 0.659 bits per heavy atom. The zero-order valence-electron chi connectivity index (χ0n) is 42.5. The average Bonchev–Trinajstić information content (AvgIpc) is 4.47. The van der Waals surface area contributed by atoms with Gasteiger partial charge in [-0.25, -0.2) is 27.6 Å². The van der Waals surface area contributed by atoms with E-state index in [2.05, 4.69) is 19.4 Å². The molecule has 4 fully saturated rings. The maximum absolute atomic E-state index is 11.6. The van der Waals surface area contributed by atoms with Crippen molar-refractivity contribution >= 4 is 129 Å². The summed E-state index contributed by atoms with van der Waals surface area (Å²) in [6, 6.07) is 0. The quantitative estimate of drug-likeness (QED) is 0.0699. The van der Waals surface area contributed by atoms with E-state index in [0.717, 1.165) is 63.3 Å². The third-order valence-corrected chi connectivity index (χ3v) is 12.2. The van der Waals surface area contributed by atoms with E-state index in [0.29, 0.717) is 20.1 Å². The van der Waals surface area contributed by atoms with Crippen molar-refractivity contribution in [3.8, 4) is 0 Å². The molecule has 0 aliphatic carbocycles. The summed E-state index contributed by atoms with van der Waals surface area (Å²) in [4.78, 5) is 247. The molecule has 16 amide bonds. The number of carbonyl (C=O) groups is 20. The van der Waals surface area contributed by atoms with Crippen LogP contribution in [0.25, 0.3) is 0 Å². The Kier molecular flexibility index (Phi) is 23.0. The number of hydroxylamine groups is 8. The van der Waals surface area contributed by atoms with Gasteiger partial charge < -0.3 is 23.9 Å². The van der Waals surface area contributed by atoms with Crippen LogP contribution in [-0.4, -0.2) is 203 Å². The molecular formula is C45H41N8NaO27S. The smallest absolute Gasteiger partial charge is 0.747 e. The zero-order chi connectivity index (χ0) is 60.0. The SMILES string of the molecule is O=C(CCCN1C(=O)C=CC1=O)ON1C(=O)CC(S(=O)(=O)[O-])C1=O.O=C(CCCN1C(=O)C=CC1=O)ON1C(=O)CCC1=O.O=C(CCN1C(=O)C=CC1=O)ON1C(=O)CCC1=O.O=C(CN1C(=O)C=CC1=O)ON1C(=O)CCC1=O.[Na+]. The number of imide groups is 8. The monoisotopic (exact) mass is 1180 g/mol. The molecule has 35 nitrogen and oxygen atoms in total. The van der Waals surface area contributed by atoms with Gasteiger partial charge in [0, 0.05) is 120 Å². The minimum Gasteiger partial charge on any atom is -0.747 e. The third kappa shape index (κ3) is 17.4. The van der Waals surface area contributed by atoms with E-state index in [9.17, 15) is 109 Å². The predicted molar refractivity (Wildman–Crippen MR) is 244 cm³/mol. The standard InChI is InChI=1S/C12H12N2O9S.C12H12N2O6.C11H10N2O6.C10H8N2O6.Na/c15-8-3-4-9(16)13(8)5-1-2-11(18)23-14-10(17)6-7(12(14)19)24(20,21)22;15-8-3-4-9(16)13(8)7-1-2-12(19)20-14-10(17)5-6-11(14)18;14-7-1-2-8(15)12(7)6-5-11(18)19-13-9(16)3-4-10(13)17;13-6-1-2-7(14)11(6)5-10(17)18-12-8(15)3-4-9(12)16;/h3-4,7H,1-2,5-6H2,(H,20,21,22);3-4H,1-2,5-7H2;1-2H,3-6H2;1-2H,3-5H2;/q;;;;+1/p-1. The van der Waals surface area contributed by atoms with Crippen LogP contribution in [0.3, 0.4) is 0 Å². The first-order valence-electron chi connectivity index (χ1n) is 23.4. The second-order valence-electron chi connectivity index (χ2n) is 16.8. The van der Waals surface area contributed by atoms with E-state index in [1.807, 2.05) is 0 Å². The van der Waals surface area contributed by atoms with Crippen molar-refractivity contribution in [3.63, 3.8) is 0 Å². The van der Waals surface area contributed by atoms with Gasteiger partial charge in [0.2, 0.25) is 0 Å². The Morgan fingerprint density at radius 1 is 0.390 bits per heavy atom. The van der Waals surface area contributed by atoms with Crippen molar-refractivity contribution in [2.75, 3.05) is 26.2 Å². The molecule has 1 atom stereocenters. The summed E-state index contributed by atoms with van der Waals surface area (Å²) >= 11 is 0. The van der Waals surface area contributed by atoms with Gasteiger partial charge in [0.25, 0.3) is 94.5 Å². The Bertz CT molecular complexity index is 2970. The molecule has 8 heterocycles. The summed E-state index contributed by atoms with van der Waals surface area (Å²) in [6.07, 6.45) is 7.35. The first-order valence-corrected chi connectivity index (χ1v) is 24.9. The Labute approximate surface area is 481 Å². The van der Waals surface area contributed by atoms with Crippen LogP contribution < -0.4 is 29.6 Å². The molecule has 0 aromatic carbocycles. The van der Waals surface area contributed by atoms with Crippen LogP contribution in [0.5, 0.6) is 0 Å². The molecule has 4 saturated heterocycles. The summed E-state index contributed by atoms with van der Waals surface area (Å²) in [6.45, 7) is -0.775. The number of nitrogens with zero attached hydrogens (tertiary/aromatic N) is 8. The van der Waals surface area contributed by atoms with Crippen LogP contribution in [0.1, 0.15) is 77.0 Å². The molecule has 8 aliphatic rings. The Hall–Kier alpha value is -9.13. The fraction of sp³-hybridized carbons (Fsp3) is 0.378. The maximum Gasteiger partial charge on any atom is 1.00 e. The van der Waals surface area contributed by atoms with Crippen LogP contribution in [0, 0.1) is 0 Å². The van der Waals surface area contributed by atoms with E-state index in [1.165, 1.54) is 0 Å². The predicted octanol–water partition coefficient (Wildman–Crippen LogP) is -8.45. The minimum absolute atomic E-state index is 0. The van der Waals surface area contributed by atoms with E-state index >= 15 is 0 Å². The number of amides is 16. The molecule has 8 rings (SSSR count). The molecule has 0 aromatic heterocycles. The van der Waals surface area contributed by atoms with Crippen LogP contribution in [-0.2, 0) is 125 Å². The van der Waals surface area contributed by atoms with E-state index in [-0.39, 0.29) is 125 Å². The van der Waals surface area contributed by atoms with Crippen LogP contribution in [0.15, 0.2) is 48.6 Å². The van der Waals surface area contributed by atoms with Crippen LogP contribution >= 0.6 is 0 Å². The van der Waals surface area contributed by atoms with E-state index in [4.69, 9.17) is 0 Å². The van der Waals surface area contributed by atoms with Crippen molar-refractivity contribution in [1.82, 2.24) is 39.9 Å². The third-order valence-electron chi connectivity index (χ3n) is 11.2. The number of rotatable bonds is 18. The number of hydrogen-bond donors (Lipinski definition) is 0. The fourth-order valence-corrected chi connectivity index (χ4v) is 7.78. The van der Waals surface area contributed by atoms with E-state index < -0.39 is 147 Å². The average molecular weight is 1180 g/mol. The van der Waals surface area contributed by atoms with Crippen molar-refractivity contribution in [1.29, 1.82) is 0 Å². The largest absolute Gasteiger partial charge is 1.00 e. The maximum atomic E-state index is 11.6.